The molecule has 0 N–H and O–H groups in total. The van der Waals surface area contributed by atoms with Crippen molar-refractivity contribution in [2.75, 3.05) is 14.2 Å². The number of nitrogens with zero attached hydrogens (tertiary/aromatic N) is 1. The Kier molecular flexibility index (Phi) is 4.42. The van der Waals surface area contributed by atoms with E-state index in [1.54, 1.807) is 36.7 Å². The summed E-state index contributed by atoms with van der Waals surface area (Å²) >= 11 is 0. The number of pyridine rings is 1. The molecule has 1 heterocycles. The third kappa shape index (κ3) is 3.06. The smallest absolute Gasteiger partial charge is 0.165 e. The summed E-state index contributed by atoms with van der Waals surface area (Å²) < 4.78 is 37.6. The molecule has 0 spiro atoms. The van der Waals surface area contributed by atoms with Crippen molar-refractivity contribution in [3.8, 4) is 33.8 Å². The second-order valence-corrected chi connectivity index (χ2v) is 5.16. The van der Waals surface area contributed by atoms with Gasteiger partial charge >= 0.3 is 0 Å². The molecular weight excluding hydrogens is 312 g/mol. The van der Waals surface area contributed by atoms with E-state index in [0.29, 0.717) is 11.1 Å². The molecule has 0 saturated carbocycles. The molecule has 3 nitrogen and oxygen atoms in total. The first-order chi connectivity index (χ1) is 11.6. The Morgan fingerprint density at radius 1 is 0.667 bits per heavy atom. The van der Waals surface area contributed by atoms with Gasteiger partial charge in [0.15, 0.2) is 23.1 Å². The highest BCUT2D eigenvalue weighted by Crippen LogP contribution is 2.30. The summed E-state index contributed by atoms with van der Waals surface area (Å²) in [6.45, 7) is 0. The molecule has 0 unspecified atom stereocenters. The van der Waals surface area contributed by atoms with Crippen molar-refractivity contribution in [1.82, 2.24) is 4.98 Å². The Bertz CT molecular complexity index is 812. The van der Waals surface area contributed by atoms with Gasteiger partial charge in [0.2, 0.25) is 0 Å². The first-order valence-electron chi connectivity index (χ1n) is 7.25. The Hall–Kier alpha value is -2.95. The highest BCUT2D eigenvalue weighted by molar-refractivity contribution is 5.72. The largest absolute Gasteiger partial charge is 0.494 e. The Balaban J connectivity index is 2.00. The van der Waals surface area contributed by atoms with Crippen molar-refractivity contribution in [3.63, 3.8) is 0 Å². The standard InChI is InChI=1S/C19H15F2NO2/c1-23-18-5-3-12(8-16(18)20)14-7-15(11-22-10-14)13-4-6-19(24-2)17(21)9-13/h3-11H,1-2H3. The molecule has 1 aromatic heterocycles. The minimum absolute atomic E-state index is 0.181. The molecular formula is C19H15F2NO2. The quantitative estimate of drug-likeness (QED) is 0.695. The van der Waals surface area contributed by atoms with Gasteiger partial charge < -0.3 is 9.47 Å². The van der Waals surface area contributed by atoms with E-state index in [9.17, 15) is 8.78 Å². The number of ether oxygens (including phenoxy) is 2. The first kappa shape index (κ1) is 15.9. The molecule has 0 atom stereocenters. The van der Waals surface area contributed by atoms with Gasteiger partial charge in [-0.15, -0.1) is 0 Å². The zero-order chi connectivity index (χ0) is 17.1. The maximum Gasteiger partial charge on any atom is 0.165 e. The monoisotopic (exact) mass is 327 g/mol. The number of aromatic nitrogens is 1. The fourth-order valence-corrected chi connectivity index (χ4v) is 2.45. The van der Waals surface area contributed by atoms with Gasteiger partial charge in [-0.1, -0.05) is 12.1 Å². The lowest BCUT2D eigenvalue weighted by Gasteiger charge is -2.08. The van der Waals surface area contributed by atoms with Crippen molar-refractivity contribution in [2.45, 2.75) is 0 Å². The lowest BCUT2D eigenvalue weighted by atomic mass is 10.0. The van der Waals surface area contributed by atoms with Crippen LogP contribution in [0.1, 0.15) is 0 Å². The minimum Gasteiger partial charge on any atom is -0.494 e. The summed E-state index contributed by atoms with van der Waals surface area (Å²) in [5, 5.41) is 0. The average molecular weight is 327 g/mol. The van der Waals surface area contributed by atoms with Gasteiger partial charge in [0, 0.05) is 23.5 Å². The number of benzene rings is 2. The number of halogens is 2. The number of hydrogen-bond acceptors (Lipinski definition) is 3. The SMILES string of the molecule is COc1ccc(-c2cncc(-c3ccc(OC)c(F)c3)c2)cc1F. The van der Waals surface area contributed by atoms with Crippen LogP contribution >= 0.6 is 0 Å². The van der Waals surface area contributed by atoms with Gasteiger partial charge in [-0.25, -0.2) is 8.78 Å². The molecule has 0 saturated heterocycles. The van der Waals surface area contributed by atoms with E-state index in [0.717, 1.165) is 11.1 Å². The highest BCUT2D eigenvalue weighted by atomic mass is 19.1. The second kappa shape index (κ2) is 6.66. The number of methoxy groups -OCH3 is 2. The molecule has 24 heavy (non-hydrogen) atoms. The zero-order valence-electron chi connectivity index (χ0n) is 13.2. The normalized spacial score (nSPS) is 10.5. The van der Waals surface area contributed by atoms with Gasteiger partial charge in [0.05, 0.1) is 14.2 Å². The maximum atomic E-state index is 13.9. The first-order valence-corrected chi connectivity index (χ1v) is 7.25. The summed E-state index contributed by atoms with van der Waals surface area (Å²) in [5.74, 6) is -0.535. The van der Waals surface area contributed by atoms with E-state index in [-0.39, 0.29) is 11.5 Å². The number of rotatable bonds is 4. The van der Waals surface area contributed by atoms with E-state index < -0.39 is 11.6 Å². The number of hydrogen-bond donors (Lipinski definition) is 0. The summed E-state index contributed by atoms with van der Waals surface area (Å²) in [6, 6.07) is 11.2. The van der Waals surface area contributed by atoms with E-state index >= 15 is 0 Å². The third-order valence-electron chi connectivity index (χ3n) is 3.71. The lowest BCUT2D eigenvalue weighted by molar-refractivity contribution is 0.386. The summed E-state index contributed by atoms with van der Waals surface area (Å²) in [7, 11) is 2.83. The maximum absolute atomic E-state index is 13.9. The molecule has 0 aliphatic heterocycles. The topological polar surface area (TPSA) is 31.4 Å². The van der Waals surface area contributed by atoms with Gasteiger partial charge in [-0.05, 0) is 41.5 Å². The fourth-order valence-electron chi connectivity index (χ4n) is 2.45. The second-order valence-electron chi connectivity index (χ2n) is 5.16. The van der Waals surface area contributed by atoms with E-state index in [2.05, 4.69) is 4.98 Å². The van der Waals surface area contributed by atoms with Gasteiger partial charge in [0.1, 0.15) is 0 Å². The van der Waals surface area contributed by atoms with Crippen molar-refractivity contribution < 1.29 is 18.3 Å². The Labute approximate surface area is 138 Å². The van der Waals surface area contributed by atoms with Gasteiger partial charge in [-0.3, -0.25) is 4.98 Å². The summed E-state index contributed by atoms with van der Waals surface area (Å²) in [6.07, 6.45) is 3.26. The van der Waals surface area contributed by atoms with E-state index in [1.165, 1.54) is 26.4 Å². The molecule has 0 bridgehead atoms. The van der Waals surface area contributed by atoms with E-state index in [4.69, 9.17) is 9.47 Å². The fraction of sp³-hybridized carbons (Fsp3) is 0.105. The average Bonchev–Trinajstić information content (AvgIpc) is 2.61. The van der Waals surface area contributed by atoms with E-state index in [1.807, 2.05) is 6.07 Å². The van der Waals surface area contributed by atoms with Crippen molar-refractivity contribution in [3.05, 3.63) is 66.5 Å². The molecule has 0 aliphatic rings. The van der Waals surface area contributed by atoms with Crippen LogP contribution in [0.5, 0.6) is 11.5 Å². The predicted octanol–water partition coefficient (Wildman–Crippen LogP) is 4.71. The molecule has 5 heteroatoms. The van der Waals surface area contributed by atoms with Crippen LogP contribution in [0.25, 0.3) is 22.3 Å². The van der Waals surface area contributed by atoms with Gasteiger partial charge in [0.25, 0.3) is 0 Å². The van der Waals surface area contributed by atoms with Gasteiger partial charge in [-0.2, -0.15) is 0 Å². The predicted molar refractivity (Wildman–Crippen MR) is 88.1 cm³/mol. The molecule has 3 rings (SSSR count). The van der Waals surface area contributed by atoms with Crippen molar-refractivity contribution in [1.29, 1.82) is 0 Å². The van der Waals surface area contributed by atoms with Crippen LogP contribution in [0, 0.1) is 11.6 Å². The zero-order valence-corrected chi connectivity index (χ0v) is 13.2. The lowest BCUT2D eigenvalue weighted by Crippen LogP contribution is -1.91. The molecule has 0 aliphatic carbocycles. The molecule has 3 aromatic rings. The highest BCUT2D eigenvalue weighted by Gasteiger charge is 2.09. The molecule has 0 radical (unpaired) electrons. The summed E-state index contributed by atoms with van der Waals surface area (Å²) in [4.78, 5) is 4.17. The van der Waals surface area contributed by atoms with Crippen molar-refractivity contribution >= 4 is 0 Å². The Morgan fingerprint density at radius 2 is 1.12 bits per heavy atom. The van der Waals surface area contributed by atoms with Crippen LogP contribution < -0.4 is 9.47 Å². The summed E-state index contributed by atoms with van der Waals surface area (Å²) in [5.41, 5.74) is 2.78. The van der Waals surface area contributed by atoms with Crippen LogP contribution in [0.15, 0.2) is 54.9 Å². The van der Waals surface area contributed by atoms with Crippen LogP contribution in [-0.4, -0.2) is 19.2 Å². The van der Waals surface area contributed by atoms with Crippen LogP contribution in [-0.2, 0) is 0 Å². The molecule has 2 aromatic carbocycles. The molecule has 0 fully saturated rings. The van der Waals surface area contributed by atoms with Crippen LogP contribution in [0.4, 0.5) is 8.78 Å². The Morgan fingerprint density at radius 3 is 1.50 bits per heavy atom. The molecule has 0 amide bonds. The van der Waals surface area contributed by atoms with Crippen LogP contribution in [0.3, 0.4) is 0 Å². The van der Waals surface area contributed by atoms with Crippen molar-refractivity contribution in [2.24, 2.45) is 0 Å². The van der Waals surface area contributed by atoms with Crippen LogP contribution in [0.2, 0.25) is 0 Å². The molecule has 122 valence electrons. The third-order valence-corrected chi connectivity index (χ3v) is 3.71. The minimum atomic E-state index is -0.448.